The quantitative estimate of drug-likeness (QED) is 0.399. The number of carbonyl (C=O) groups is 2. The number of hydrogen-bond donors (Lipinski definition) is 2. The number of carboxylic acids is 1. The van der Waals surface area contributed by atoms with Crippen LogP contribution in [0.4, 0.5) is 19.0 Å². The van der Waals surface area contributed by atoms with E-state index in [0.29, 0.717) is 16.7 Å². The molecule has 1 aromatic carbocycles. The van der Waals surface area contributed by atoms with Gasteiger partial charge in [-0.3, -0.25) is 14.6 Å². The number of amides is 1. The van der Waals surface area contributed by atoms with Crippen molar-refractivity contribution in [3.63, 3.8) is 0 Å². The molecule has 0 unspecified atom stereocenters. The van der Waals surface area contributed by atoms with E-state index in [2.05, 4.69) is 20.4 Å². The number of benzene rings is 1. The molecule has 0 fully saturated rings. The first-order chi connectivity index (χ1) is 16.7. The molecule has 3 heterocycles. The van der Waals surface area contributed by atoms with Crippen molar-refractivity contribution in [2.75, 3.05) is 5.32 Å². The van der Waals surface area contributed by atoms with Crippen LogP contribution < -0.4 is 5.32 Å². The summed E-state index contributed by atoms with van der Waals surface area (Å²) < 4.78 is 41.7. The van der Waals surface area contributed by atoms with Gasteiger partial charge in [-0.25, -0.2) is 9.67 Å². The second-order valence-electron chi connectivity index (χ2n) is 7.52. The third-order valence-corrected chi connectivity index (χ3v) is 5.01. The van der Waals surface area contributed by atoms with Crippen LogP contribution in [-0.4, -0.2) is 36.7 Å². The Hall–Kier alpha value is -4.54. The van der Waals surface area contributed by atoms with Gasteiger partial charge >= 0.3 is 12.1 Å². The van der Waals surface area contributed by atoms with E-state index in [1.165, 1.54) is 30.7 Å². The van der Waals surface area contributed by atoms with E-state index in [0.717, 1.165) is 10.7 Å². The maximum Gasteiger partial charge on any atom is 0.433 e. The summed E-state index contributed by atoms with van der Waals surface area (Å²) in [4.78, 5) is 31.3. The molecular formula is C24H18F3N5O3. The van der Waals surface area contributed by atoms with Crippen LogP contribution in [0.3, 0.4) is 0 Å². The number of pyridine rings is 2. The number of rotatable bonds is 7. The number of alkyl halides is 3. The lowest BCUT2D eigenvalue weighted by Crippen LogP contribution is -2.15. The molecule has 3 aromatic heterocycles. The Labute approximate surface area is 197 Å². The van der Waals surface area contributed by atoms with Crippen molar-refractivity contribution in [3.05, 3.63) is 90.0 Å². The summed E-state index contributed by atoms with van der Waals surface area (Å²) in [5, 5.41) is 15.5. The zero-order valence-corrected chi connectivity index (χ0v) is 18.0. The molecule has 8 nitrogen and oxygen atoms in total. The van der Waals surface area contributed by atoms with Crippen molar-refractivity contribution in [2.45, 2.75) is 19.0 Å². The molecule has 0 saturated heterocycles. The molecule has 0 aliphatic heterocycles. The molecule has 1 amide bonds. The van der Waals surface area contributed by atoms with Crippen LogP contribution in [-0.2, 0) is 17.4 Å². The van der Waals surface area contributed by atoms with E-state index in [1.807, 2.05) is 0 Å². The SMILES string of the molecule is O=C(O)CCc1cccc(C(=O)Nc2ccc(-n3nc(-c4cccnc4)cc3C(F)(F)F)cn2)c1. The fraction of sp³-hybridized carbons (Fsp3) is 0.125. The van der Waals surface area contributed by atoms with Crippen molar-refractivity contribution < 1.29 is 27.9 Å². The first kappa shape index (κ1) is 23.6. The topological polar surface area (TPSA) is 110 Å². The monoisotopic (exact) mass is 481 g/mol. The van der Waals surface area contributed by atoms with Gasteiger partial charge in [0.1, 0.15) is 11.5 Å². The molecule has 0 aliphatic carbocycles. The van der Waals surface area contributed by atoms with Crippen LogP contribution in [0.15, 0.2) is 73.2 Å². The highest BCUT2D eigenvalue weighted by Gasteiger charge is 2.36. The van der Waals surface area contributed by atoms with E-state index in [1.54, 1.807) is 36.4 Å². The number of nitrogens with one attached hydrogen (secondary N) is 1. The molecule has 11 heteroatoms. The van der Waals surface area contributed by atoms with Gasteiger partial charge in [-0.15, -0.1) is 0 Å². The Morgan fingerprint density at radius 1 is 1.03 bits per heavy atom. The lowest BCUT2D eigenvalue weighted by molar-refractivity contribution is -0.142. The fourth-order valence-electron chi connectivity index (χ4n) is 3.33. The van der Waals surface area contributed by atoms with Crippen LogP contribution in [0.5, 0.6) is 0 Å². The Morgan fingerprint density at radius 3 is 2.51 bits per heavy atom. The number of carboxylic acid groups (broad SMARTS) is 1. The average molecular weight is 481 g/mol. The Balaban J connectivity index is 1.55. The minimum Gasteiger partial charge on any atom is -0.481 e. The first-order valence-electron chi connectivity index (χ1n) is 10.4. The summed E-state index contributed by atoms with van der Waals surface area (Å²) in [6, 6.07) is 13.4. The van der Waals surface area contributed by atoms with Crippen LogP contribution >= 0.6 is 0 Å². The van der Waals surface area contributed by atoms with E-state index >= 15 is 0 Å². The summed E-state index contributed by atoms with van der Waals surface area (Å²) in [5.41, 5.74) is 0.594. The predicted octanol–water partition coefficient (Wildman–Crippen LogP) is 4.62. The van der Waals surface area contributed by atoms with Crippen molar-refractivity contribution in [3.8, 4) is 16.9 Å². The summed E-state index contributed by atoms with van der Waals surface area (Å²) in [6.45, 7) is 0. The zero-order chi connectivity index (χ0) is 25.0. The van der Waals surface area contributed by atoms with Gasteiger partial charge in [-0.05, 0) is 54.4 Å². The summed E-state index contributed by atoms with van der Waals surface area (Å²) in [6.07, 6.45) is -0.352. The van der Waals surface area contributed by atoms with Crippen LogP contribution in [0.2, 0.25) is 0 Å². The molecule has 4 aromatic rings. The number of nitrogens with zero attached hydrogens (tertiary/aromatic N) is 4. The molecule has 0 saturated carbocycles. The van der Waals surface area contributed by atoms with E-state index in [-0.39, 0.29) is 30.0 Å². The van der Waals surface area contributed by atoms with Crippen molar-refractivity contribution in [1.82, 2.24) is 19.7 Å². The minimum absolute atomic E-state index is 0.0566. The fourth-order valence-corrected chi connectivity index (χ4v) is 3.33. The van der Waals surface area contributed by atoms with Gasteiger partial charge in [0, 0.05) is 29.9 Å². The zero-order valence-electron chi connectivity index (χ0n) is 18.0. The van der Waals surface area contributed by atoms with Gasteiger partial charge in [-0.1, -0.05) is 12.1 Å². The van der Waals surface area contributed by atoms with E-state index in [4.69, 9.17) is 5.11 Å². The lowest BCUT2D eigenvalue weighted by Gasteiger charge is -2.11. The number of aliphatic carboxylic acids is 1. The Bertz CT molecular complexity index is 1350. The highest BCUT2D eigenvalue weighted by atomic mass is 19.4. The Morgan fingerprint density at radius 2 is 1.86 bits per heavy atom. The highest BCUT2D eigenvalue weighted by Crippen LogP contribution is 2.34. The van der Waals surface area contributed by atoms with Gasteiger partial charge in [0.25, 0.3) is 5.91 Å². The summed E-state index contributed by atoms with van der Waals surface area (Å²) in [7, 11) is 0. The number of carbonyl (C=O) groups excluding carboxylic acids is 1. The molecule has 35 heavy (non-hydrogen) atoms. The van der Waals surface area contributed by atoms with Crippen molar-refractivity contribution >= 4 is 17.7 Å². The lowest BCUT2D eigenvalue weighted by atomic mass is 10.1. The van der Waals surface area contributed by atoms with Gasteiger partial charge < -0.3 is 10.4 Å². The third kappa shape index (κ3) is 5.69. The molecule has 0 bridgehead atoms. The second-order valence-corrected chi connectivity index (χ2v) is 7.52. The summed E-state index contributed by atoms with van der Waals surface area (Å²) >= 11 is 0. The van der Waals surface area contributed by atoms with E-state index in [9.17, 15) is 22.8 Å². The van der Waals surface area contributed by atoms with Crippen LogP contribution in [0.25, 0.3) is 16.9 Å². The van der Waals surface area contributed by atoms with Crippen LogP contribution in [0.1, 0.15) is 28.0 Å². The standard InChI is InChI=1S/C24H18F3N5O3/c25-24(26,27)20-12-19(17-5-2-10-28-13-17)31-32(20)18-7-8-21(29-14-18)30-23(35)16-4-1-3-15(11-16)6-9-22(33)34/h1-5,7-8,10-14H,6,9H2,(H,33,34)(H,29,30,35). The average Bonchev–Trinajstić information content (AvgIpc) is 3.30. The molecule has 0 atom stereocenters. The second kappa shape index (κ2) is 9.75. The molecule has 178 valence electrons. The molecule has 0 aliphatic rings. The number of hydrogen-bond acceptors (Lipinski definition) is 5. The number of anilines is 1. The maximum absolute atomic E-state index is 13.6. The molecular weight excluding hydrogens is 463 g/mol. The third-order valence-electron chi connectivity index (χ3n) is 5.01. The molecule has 0 spiro atoms. The number of halogens is 3. The maximum atomic E-state index is 13.6. The minimum atomic E-state index is -4.66. The Kier molecular flexibility index (Phi) is 6.58. The smallest absolute Gasteiger partial charge is 0.433 e. The summed E-state index contributed by atoms with van der Waals surface area (Å²) in [5.74, 6) is -1.30. The van der Waals surface area contributed by atoms with Crippen molar-refractivity contribution in [2.24, 2.45) is 0 Å². The first-order valence-corrected chi connectivity index (χ1v) is 10.4. The molecule has 2 N–H and O–H groups in total. The van der Waals surface area contributed by atoms with Crippen molar-refractivity contribution in [1.29, 1.82) is 0 Å². The van der Waals surface area contributed by atoms with Crippen LogP contribution in [0, 0.1) is 0 Å². The predicted molar refractivity (Wildman–Crippen MR) is 120 cm³/mol. The number of aromatic nitrogens is 4. The van der Waals surface area contributed by atoms with E-state index < -0.39 is 23.7 Å². The molecule has 0 radical (unpaired) electrons. The van der Waals surface area contributed by atoms with Gasteiger partial charge in [-0.2, -0.15) is 18.3 Å². The highest BCUT2D eigenvalue weighted by molar-refractivity contribution is 6.03. The van der Waals surface area contributed by atoms with Gasteiger partial charge in [0.15, 0.2) is 0 Å². The largest absolute Gasteiger partial charge is 0.481 e. The van der Waals surface area contributed by atoms with Gasteiger partial charge in [0.2, 0.25) is 0 Å². The molecule has 4 rings (SSSR count). The number of aryl methyl sites for hydroxylation is 1. The van der Waals surface area contributed by atoms with Gasteiger partial charge in [0.05, 0.1) is 17.6 Å². The normalized spacial score (nSPS) is 11.3.